The van der Waals surface area contributed by atoms with Crippen LogP contribution < -0.4 is 5.32 Å². The number of amides is 1. The molecule has 0 radical (unpaired) electrons. The fraction of sp³-hybridized carbons (Fsp3) is 0.235. The molecular formula is C17H16Cl3NOS2. The molecule has 0 fully saturated rings. The Balaban J connectivity index is 1.60. The van der Waals surface area contributed by atoms with Gasteiger partial charge in [0.1, 0.15) is 0 Å². The predicted molar refractivity (Wildman–Crippen MR) is 108 cm³/mol. The molecule has 2 aromatic carbocycles. The topological polar surface area (TPSA) is 29.1 Å². The highest BCUT2D eigenvalue weighted by atomic mass is 35.5. The van der Waals surface area contributed by atoms with Gasteiger partial charge in [0.15, 0.2) is 0 Å². The summed E-state index contributed by atoms with van der Waals surface area (Å²) < 4.78 is 0. The molecule has 2 rings (SSSR count). The molecule has 1 amide bonds. The van der Waals surface area contributed by atoms with E-state index in [-0.39, 0.29) is 5.91 Å². The van der Waals surface area contributed by atoms with Crippen LogP contribution in [0.1, 0.15) is 5.56 Å². The van der Waals surface area contributed by atoms with Crippen molar-refractivity contribution in [1.29, 1.82) is 0 Å². The maximum absolute atomic E-state index is 11.8. The van der Waals surface area contributed by atoms with E-state index < -0.39 is 0 Å². The summed E-state index contributed by atoms with van der Waals surface area (Å²) in [6.07, 6.45) is 0. The molecule has 0 spiro atoms. The third-order valence-corrected chi connectivity index (χ3v) is 5.85. The normalized spacial score (nSPS) is 10.6. The van der Waals surface area contributed by atoms with Gasteiger partial charge in [-0.3, -0.25) is 4.79 Å². The van der Waals surface area contributed by atoms with Crippen molar-refractivity contribution in [2.45, 2.75) is 10.6 Å². The second-order valence-corrected chi connectivity index (χ2v) is 8.31. The van der Waals surface area contributed by atoms with E-state index in [4.69, 9.17) is 34.8 Å². The van der Waals surface area contributed by atoms with E-state index in [0.717, 1.165) is 21.2 Å². The Kier molecular flexibility index (Phi) is 8.63. The van der Waals surface area contributed by atoms with E-state index in [2.05, 4.69) is 5.32 Å². The van der Waals surface area contributed by atoms with Gasteiger partial charge in [-0.2, -0.15) is 0 Å². The molecule has 0 saturated carbocycles. The molecule has 7 heteroatoms. The summed E-state index contributed by atoms with van der Waals surface area (Å²) in [5, 5.41) is 4.89. The lowest BCUT2D eigenvalue weighted by Crippen LogP contribution is -2.27. The van der Waals surface area contributed by atoms with Gasteiger partial charge in [0.2, 0.25) is 5.91 Å². The number of rotatable bonds is 8. The molecule has 0 unspecified atom stereocenters. The number of thioether (sulfide) groups is 2. The lowest BCUT2D eigenvalue weighted by molar-refractivity contribution is -0.118. The highest BCUT2D eigenvalue weighted by Crippen LogP contribution is 2.24. The molecule has 0 aromatic heterocycles. The van der Waals surface area contributed by atoms with E-state index >= 15 is 0 Å². The van der Waals surface area contributed by atoms with E-state index in [0.29, 0.717) is 28.1 Å². The quantitative estimate of drug-likeness (QED) is 0.433. The van der Waals surface area contributed by atoms with Crippen LogP contribution in [0.2, 0.25) is 15.1 Å². The van der Waals surface area contributed by atoms with Crippen molar-refractivity contribution >= 4 is 64.2 Å². The van der Waals surface area contributed by atoms with Crippen molar-refractivity contribution in [2.75, 3.05) is 18.1 Å². The molecule has 0 aliphatic carbocycles. The van der Waals surface area contributed by atoms with Crippen LogP contribution in [0.3, 0.4) is 0 Å². The number of hydrogen-bond donors (Lipinski definition) is 1. The van der Waals surface area contributed by atoms with Gasteiger partial charge in [0, 0.05) is 38.0 Å². The van der Waals surface area contributed by atoms with E-state index in [1.54, 1.807) is 23.9 Å². The molecule has 0 bridgehead atoms. The van der Waals surface area contributed by atoms with Crippen LogP contribution >= 0.6 is 58.3 Å². The zero-order valence-corrected chi connectivity index (χ0v) is 16.6. The van der Waals surface area contributed by atoms with Crippen molar-refractivity contribution in [3.8, 4) is 0 Å². The second kappa shape index (κ2) is 10.5. The molecule has 0 saturated heterocycles. The first kappa shape index (κ1) is 19.8. The van der Waals surface area contributed by atoms with E-state index in [1.165, 1.54) is 11.8 Å². The zero-order chi connectivity index (χ0) is 17.4. The molecule has 2 aromatic rings. The fourth-order valence-corrected chi connectivity index (χ4v) is 4.14. The first-order valence-electron chi connectivity index (χ1n) is 7.21. The van der Waals surface area contributed by atoms with Crippen LogP contribution in [-0.4, -0.2) is 24.0 Å². The highest BCUT2D eigenvalue weighted by molar-refractivity contribution is 7.99. The minimum Gasteiger partial charge on any atom is -0.355 e. The molecule has 1 N–H and O–H groups in total. The van der Waals surface area contributed by atoms with Crippen molar-refractivity contribution in [2.24, 2.45) is 0 Å². The Labute approximate surface area is 165 Å². The van der Waals surface area contributed by atoms with Gasteiger partial charge in [0.05, 0.1) is 5.75 Å². The predicted octanol–water partition coefficient (Wildman–Crippen LogP) is 5.79. The SMILES string of the molecule is O=C(CSCc1ccc(Cl)cc1Cl)NCCSc1ccc(Cl)cc1. The minimum absolute atomic E-state index is 0.0294. The molecule has 0 aliphatic heterocycles. The van der Waals surface area contributed by atoms with Crippen LogP contribution in [0, 0.1) is 0 Å². The van der Waals surface area contributed by atoms with Crippen molar-refractivity contribution in [1.82, 2.24) is 5.32 Å². The van der Waals surface area contributed by atoms with Gasteiger partial charge in [-0.25, -0.2) is 0 Å². The second-order valence-electron chi connectivity index (χ2n) is 4.88. The van der Waals surface area contributed by atoms with Gasteiger partial charge in [0.25, 0.3) is 0 Å². The summed E-state index contributed by atoms with van der Waals surface area (Å²) >= 11 is 21.0. The number of carbonyl (C=O) groups excluding carboxylic acids is 1. The third kappa shape index (κ3) is 7.16. The van der Waals surface area contributed by atoms with E-state index in [1.807, 2.05) is 30.3 Å². The van der Waals surface area contributed by atoms with Crippen LogP contribution in [-0.2, 0) is 10.5 Å². The third-order valence-electron chi connectivity index (χ3n) is 3.01. The minimum atomic E-state index is 0.0294. The van der Waals surface area contributed by atoms with Crippen LogP contribution in [0.25, 0.3) is 0 Å². The number of hydrogen-bond acceptors (Lipinski definition) is 3. The lowest BCUT2D eigenvalue weighted by atomic mass is 10.2. The van der Waals surface area contributed by atoms with Gasteiger partial charge < -0.3 is 5.32 Å². The average molecular weight is 421 g/mol. The van der Waals surface area contributed by atoms with Gasteiger partial charge in [-0.1, -0.05) is 40.9 Å². The van der Waals surface area contributed by atoms with Crippen molar-refractivity contribution in [3.05, 3.63) is 63.1 Å². The molecule has 128 valence electrons. The Bertz CT molecular complexity index is 680. The summed E-state index contributed by atoms with van der Waals surface area (Å²) in [6.45, 7) is 0.633. The largest absolute Gasteiger partial charge is 0.355 e. The number of halogens is 3. The van der Waals surface area contributed by atoms with Crippen molar-refractivity contribution < 1.29 is 4.79 Å². The molecular weight excluding hydrogens is 405 g/mol. The van der Waals surface area contributed by atoms with Crippen molar-refractivity contribution in [3.63, 3.8) is 0 Å². The summed E-state index contributed by atoms with van der Waals surface area (Å²) in [5.41, 5.74) is 0.983. The van der Waals surface area contributed by atoms with Crippen LogP contribution in [0.4, 0.5) is 0 Å². The summed E-state index contributed by atoms with van der Waals surface area (Å²) in [7, 11) is 0. The Hall–Kier alpha value is -0.520. The molecule has 2 nitrogen and oxygen atoms in total. The summed E-state index contributed by atoms with van der Waals surface area (Å²) in [5.74, 6) is 1.94. The number of benzene rings is 2. The average Bonchev–Trinajstić information content (AvgIpc) is 2.55. The van der Waals surface area contributed by atoms with Crippen LogP contribution in [0.5, 0.6) is 0 Å². The molecule has 0 atom stereocenters. The van der Waals surface area contributed by atoms with Gasteiger partial charge in [-0.05, 0) is 42.0 Å². The number of nitrogens with one attached hydrogen (secondary N) is 1. The Morgan fingerprint density at radius 1 is 1.00 bits per heavy atom. The smallest absolute Gasteiger partial charge is 0.230 e. The summed E-state index contributed by atoms with van der Waals surface area (Å²) in [4.78, 5) is 13.0. The zero-order valence-electron chi connectivity index (χ0n) is 12.7. The molecule has 0 heterocycles. The highest BCUT2D eigenvalue weighted by Gasteiger charge is 2.05. The molecule has 24 heavy (non-hydrogen) atoms. The van der Waals surface area contributed by atoms with Gasteiger partial charge >= 0.3 is 0 Å². The maximum atomic E-state index is 11.8. The standard InChI is InChI=1S/C17H16Cl3NOS2/c18-13-3-5-15(6-4-13)24-8-7-21-17(22)11-23-10-12-1-2-14(19)9-16(12)20/h1-6,9H,7-8,10-11H2,(H,21,22). The first-order chi connectivity index (χ1) is 11.5. The monoisotopic (exact) mass is 419 g/mol. The molecule has 0 aliphatic rings. The fourth-order valence-electron chi connectivity index (χ4n) is 1.83. The number of carbonyl (C=O) groups is 1. The first-order valence-corrected chi connectivity index (χ1v) is 10.5. The lowest BCUT2D eigenvalue weighted by Gasteiger charge is -2.07. The van der Waals surface area contributed by atoms with Crippen LogP contribution in [0.15, 0.2) is 47.4 Å². The maximum Gasteiger partial charge on any atom is 0.230 e. The summed E-state index contributed by atoms with van der Waals surface area (Å²) in [6, 6.07) is 13.1. The van der Waals surface area contributed by atoms with Gasteiger partial charge in [-0.15, -0.1) is 23.5 Å². The Morgan fingerprint density at radius 3 is 2.42 bits per heavy atom. The Morgan fingerprint density at radius 2 is 1.71 bits per heavy atom. The van der Waals surface area contributed by atoms with E-state index in [9.17, 15) is 4.79 Å².